The summed E-state index contributed by atoms with van der Waals surface area (Å²) in [5, 5.41) is 10.7. The van der Waals surface area contributed by atoms with Crippen molar-refractivity contribution in [2.24, 2.45) is 17.8 Å². The van der Waals surface area contributed by atoms with Crippen LogP contribution in [0.25, 0.3) is 0 Å². The Hall–Kier alpha value is -1.94. The first kappa shape index (κ1) is 104. The van der Waals surface area contributed by atoms with Crippen molar-refractivity contribution in [2.45, 2.75) is 478 Å². The second-order valence-electron chi connectivity index (χ2n) is 32.5. The van der Waals surface area contributed by atoms with Crippen LogP contribution in [0.5, 0.6) is 0 Å². The minimum Gasteiger partial charge on any atom is -0.462 e. The molecule has 17 nitrogen and oxygen atoms in total. The molecule has 0 aliphatic carbocycles. The van der Waals surface area contributed by atoms with E-state index >= 15 is 0 Å². The van der Waals surface area contributed by atoms with Gasteiger partial charge in [-0.15, -0.1) is 0 Å². The van der Waals surface area contributed by atoms with E-state index in [1.165, 1.54) is 263 Å². The van der Waals surface area contributed by atoms with Gasteiger partial charge < -0.3 is 33.8 Å². The zero-order valence-corrected chi connectivity index (χ0v) is 71.7. The Morgan fingerprint density at radius 2 is 0.481 bits per heavy atom. The molecule has 0 aliphatic rings. The summed E-state index contributed by atoms with van der Waals surface area (Å²) in [7, 11) is -9.93. The van der Waals surface area contributed by atoms with Crippen LogP contribution in [0.2, 0.25) is 0 Å². The first-order valence-electron chi connectivity index (χ1n) is 44.9. The fourth-order valence-electron chi connectivity index (χ4n) is 13.5. The van der Waals surface area contributed by atoms with Gasteiger partial charge in [-0.3, -0.25) is 37.3 Å². The molecular weight excluding hydrogens is 1380 g/mol. The molecule has 0 saturated heterocycles. The molecule has 6 atom stereocenters. The monoisotopic (exact) mass is 1550 g/mol. The van der Waals surface area contributed by atoms with Crippen LogP contribution in [0.4, 0.5) is 0 Å². The lowest BCUT2D eigenvalue weighted by Crippen LogP contribution is -2.30. The molecule has 0 rings (SSSR count). The van der Waals surface area contributed by atoms with E-state index in [1.807, 2.05) is 0 Å². The maximum absolute atomic E-state index is 13.2. The summed E-state index contributed by atoms with van der Waals surface area (Å²) in [6, 6.07) is 0. The molecule has 0 saturated carbocycles. The summed E-state index contributed by atoms with van der Waals surface area (Å²) in [6.45, 7) is 11.9. The Labute approximate surface area is 651 Å². The molecule has 3 unspecified atom stereocenters. The molecule has 0 bridgehead atoms. The average Bonchev–Trinajstić information content (AvgIpc) is 0.903. The third-order valence-corrected chi connectivity index (χ3v) is 22.6. The normalized spacial score (nSPS) is 14.1. The van der Waals surface area contributed by atoms with Crippen molar-refractivity contribution < 1.29 is 80.2 Å². The predicted molar refractivity (Wildman–Crippen MR) is 437 cm³/mol. The lowest BCUT2D eigenvalue weighted by atomic mass is 9.99. The van der Waals surface area contributed by atoms with Gasteiger partial charge in [0.25, 0.3) is 0 Å². The second kappa shape index (κ2) is 77.0. The molecule has 19 heteroatoms. The van der Waals surface area contributed by atoms with Gasteiger partial charge in [0, 0.05) is 25.7 Å². The van der Waals surface area contributed by atoms with Crippen LogP contribution in [0.1, 0.15) is 459 Å². The Morgan fingerprint density at radius 1 is 0.274 bits per heavy atom. The third-order valence-electron chi connectivity index (χ3n) is 20.7. The smallest absolute Gasteiger partial charge is 0.462 e. The van der Waals surface area contributed by atoms with Crippen LogP contribution in [0.15, 0.2) is 0 Å². The Bertz CT molecular complexity index is 2050. The zero-order valence-electron chi connectivity index (χ0n) is 69.9. The molecule has 0 aromatic carbocycles. The second-order valence-corrected chi connectivity index (χ2v) is 35.4. The maximum Gasteiger partial charge on any atom is 0.472 e. The molecule has 630 valence electrons. The Kier molecular flexibility index (Phi) is 75.6. The summed E-state index contributed by atoms with van der Waals surface area (Å²) in [5.74, 6) is 0.193. The van der Waals surface area contributed by atoms with Crippen molar-refractivity contribution in [1.82, 2.24) is 0 Å². The van der Waals surface area contributed by atoms with Crippen LogP contribution in [0.3, 0.4) is 0 Å². The number of unbranched alkanes of at least 4 members (excludes halogenated alkanes) is 52. The molecule has 0 heterocycles. The number of hydrogen-bond donors (Lipinski definition) is 3. The number of phosphoric acid groups is 2. The largest absolute Gasteiger partial charge is 0.472 e. The Balaban J connectivity index is 5.18. The fourth-order valence-corrected chi connectivity index (χ4v) is 15.1. The molecule has 0 aliphatic heterocycles. The third kappa shape index (κ3) is 78.7. The van der Waals surface area contributed by atoms with Crippen LogP contribution in [-0.2, 0) is 65.4 Å². The number of ether oxygens (including phenoxy) is 4. The van der Waals surface area contributed by atoms with Crippen molar-refractivity contribution in [1.29, 1.82) is 0 Å². The van der Waals surface area contributed by atoms with Crippen LogP contribution in [0, 0.1) is 17.8 Å². The highest BCUT2D eigenvalue weighted by Gasteiger charge is 2.31. The number of phosphoric ester groups is 2. The maximum atomic E-state index is 13.2. The van der Waals surface area contributed by atoms with Crippen molar-refractivity contribution in [3.63, 3.8) is 0 Å². The van der Waals surface area contributed by atoms with E-state index in [0.717, 1.165) is 108 Å². The van der Waals surface area contributed by atoms with Crippen molar-refractivity contribution in [3.05, 3.63) is 0 Å². The van der Waals surface area contributed by atoms with E-state index < -0.39 is 97.5 Å². The number of aliphatic hydroxyl groups is 1. The van der Waals surface area contributed by atoms with E-state index in [1.54, 1.807) is 0 Å². The minimum absolute atomic E-state index is 0.105. The van der Waals surface area contributed by atoms with Gasteiger partial charge in [0.15, 0.2) is 12.2 Å². The Morgan fingerprint density at radius 3 is 0.717 bits per heavy atom. The highest BCUT2D eigenvalue weighted by Crippen LogP contribution is 2.45. The van der Waals surface area contributed by atoms with Gasteiger partial charge in [-0.1, -0.05) is 408 Å². The van der Waals surface area contributed by atoms with E-state index in [-0.39, 0.29) is 25.7 Å². The van der Waals surface area contributed by atoms with Gasteiger partial charge in [0.05, 0.1) is 26.4 Å². The number of hydrogen-bond acceptors (Lipinski definition) is 15. The first-order valence-corrected chi connectivity index (χ1v) is 47.9. The molecule has 0 aromatic heterocycles. The van der Waals surface area contributed by atoms with Gasteiger partial charge in [-0.2, -0.15) is 0 Å². The quantitative estimate of drug-likeness (QED) is 0.0222. The summed E-state index contributed by atoms with van der Waals surface area (Å²) in [6.07, 6.45) is 68.4. The summed E-state index contributed by atoms with van der Waals surface area (Å²) in [5.41, 5.74) is 0. The average molecular weight is 1550 g/mol. The van der Waals surface area contributed by atoms with Gasteiger partial charge >= 0.3 is 39.5 Å². The van der Waals surface area contributed by atoms with Gasteiger partial charge in [-0.25, -0.2) is 9.13 Å². The summed E-state index contributed by atoms with van der Waals surface area (Å²) >= 11 is 0. The molecule has 0 radical (unpaired) electrons. The minimum atomic E-state index is -4.97. The molecular formula is C87H170O17P2. The lowest BCUT2D eigenvalue weighted by molar-refractivity contribution is -0.161. The summed E-state index contributed by atoms with van der Waals surface area (Å²) < 4.78 is 68.8. The van der Waals surface area contributed by atoms with Crippen molar-refractivity contribution >= 4 is 39.5 Å². The number of aliphatic hydroxyl groups excluding tert-OH is 1. The predicted octanol–water partition coefficient (Wildman–Crippen LogP) is 26.5. The highest BCUT2D eigenvalue weighted by molar-refractivity contribution is 7.47. The number of rotatable bonds is 85. The topological polar surface area (TPSA) is 237 Å². The standard InChI is InChI=1S/C87H170O17P2/c1-8-10-11-12-13-14-15-16-17-18-19-20-21-22-26-29-32-35-41-46-54-61-68-84(89)97-74-82(103-86(91)70-63-56-47-42-36-33-30-27-24-23-25-28-31-34-40-45-53-60-67-80(7)9-2)76-101-105(93,94)99-72-81(88)73-100-106(95,96)102-77-83(75-98-85(90)69-62-55-50-49-52-59-66-79(5)6)104-87(92)71-64-57-48-43-38-37-39-44-51-58-65-78(3)4/h78-83,88H,8-77H2,1-7H3,(H,93,94)(H,95,96)/t80?,81-,82-,83-/m1/s1. The molecule has 0 fully saturated rings. The van der Waals surface area contributed by atoms with E-state index in [2.05, 4.69) is 48.5 Å². The molecule has 3 N–H and O–H groups in total. The van der Waals surface area contributed by atoms with Gasteiger partial charge in [0.2, 0.25) is 0 Å². The van der Waals surface area contributed by atoms with E-state index in [9.17, 15) is 43.2 Å². The zero-order chi connectivity index (χ0) is 77.9. The van der Waals surface area contributed by atoms with Crippen LogP contribution < -0.4 is 0 Å². The molecule has 0 spiro atoms. The number of carbonyl (C=O) groups is 4. The first-order chi connectivity index (χ1) is 51.3. The fraction of sp³-hybridized carbons (Fsp3) is 0.954. The lowest BCUT2D eigenvalue weighted by Gasteiger charge is -2.21. The number of esters is 4. The van der Waals surface area contributed by atoms with Gasteiger partial charge in [0.1, 0.15) is 19.3 Å². The van der Waals surface area contributed by atoms with Crippen LogP contribution in [-0.4, -0.2) is 96.7 Å². The van der Waals surface area contributed by atoms with Crippen molar-refractivity contribution in [3.8, 4) is 0 Å². The number of carbonyl (C=O) groups excluding carboxylic acids is 4. The van der Waals surface area contributed by atoms with Gasteiger partial charge in [-0.05, 0) is 43.4 Å². The van der Waals surface area contributed by atoms with Crippen molar-refractivity contribution in [2.75, 3.05) is 39.6 Å². The highest BCUT2D eigenvalue weighted by atomic mass is 31.2. The van der Waals surface area contributed by atoms with E-state index in [0.29, 0.717) is 31.6 Å². The summed E-state index contributed by atoms with van der Waals surface area (Å²) in [4.78, 5) is 73.1. The molecule has 0 aromatic rings. The van der Waals surface area contributed by atoms with Crippen LogP contribution >= 0.6 is 15.6 Å². The van der Waals surface area contributed by atoms with E-state index in [4.69, 9.17) is 37.0 Å². The molecule has 106 heavy (non-hydrogen) atoms. The SMILES string of the molecule is CCCCCCCCCCCCCCCCCCCCCCCCC(=O)OC[C@H](COP(=O)(O)OC[C@@H](O)COP(=O)(O)OC[C@@H](COC(=O)CCCCCCCCC(C)C)OC(=O)CCCCCCCCCCCCC(C)C)OC(=O)CCCCCCCCCCCCCCCCCCCCC(C)CC. The molecule has 0 amide bonds.